The third-order valence-corrected chi connectivity index (χ3v) is 6.30. The van der Waals surface area contributed by atoms with Gasteiger partial charge in [0.15, 0.2) is 0 Å². The van der Waals surface area contributed by atoms with Crippen molar-refractivity contribution in [3.8, 4) is 0 Å². The Hall–Kier alpha value is -1.46. The van der Waals surface area contributed by atoms with Crippen LogP contribution in [0.15, 0.2) is 48.5 Å². The summed E-state index contributed by atoms with van der Waals surface area (Å²) in [5.41, 5.74) is 2.02. The Morgan fingerprint density at radius 1 is 1.20 bits per heavy atom. The van der Waals surface area contributed by atoms with Crippen molar-refractivity contribution in [1.82, 2.24) is 9.88 Å². The molecule has 5 heteroatoms. The average Bonchev–Trinajstić information content (AvgIpc) is 3.07. The number of nitrogens with zero attached hydrogens (tertiary/aromatic N) is 2. The Bertz CT molecular complexity index is 815. The normalized spacial score (nSPS) is 20.0. The molecule has 1 N–H and O–H groups in total. The molecule has 4 rings (SSSR count). The van der Waals surface area contributed by atoms with E-state index in [1.807, 2.05) is 41.7 Å². The minimum Gasteiger partial charge on any atom is -0.387 e. The van der Waals surface area contributed by atoms with Gasteiger partial charge in [-0.05, 0) is 49.2 Å². The zero-order chi connectivity index (χ0) is 17.2. The summed E-state index contributed by atoms with van der Waals surface area (Å²) in [6.45, 7) is 2.65. The van der Waals surface area contributed by atoms with Crippen molar-refractivity contribution in [3.63, 3.8) is 0 Å². The lowest BCUT2D eigenvalue weighted by Gasteiger charge is -2.33. The van der Waals surface area contributed by atoms with E-state index in [1.165, 1.54) is 16.1 Å². The second-order valence-electron chi connectivity index (χ2n) is 6.69. The first-order valence-corrected chi connectivity index (χ1v) is 9.90. The molecule has 0 amide bonds. The molecule has 2 atom stereocenters. The van der Waals surface area contributed by atoms with E-state index < -0.39 is 6.10 Å². The molecule has 0 radical (unpaired) electrons. The molecule has 0 spiro atoms. The lowest BCUT2D eigenvalue weighted by Crippen LogP contribution is -2.37. The number of hydrogen-bond donors (Lipinski definition) is 1. The minimum absolute atomic E-state index is 0.462. The molecular formula is C20H21ClN2OS. The number of hydrogen-bond acceptors (Lipinski definition) is 4. The molecular weight excluding hydrogens is 352 g/mol. The number of aliphatic hydroxyl groups excluding tert-OH is 1. The predicted octanol–water partition coefficient (Wildman–Crippen LogP) is 4.86. The second-order valence-corrected chi connectivity index (χ2v) is 8.18. The molecule has 0 bridgehead atoms. The largest absolute Gasteiger partial charge is 0.387 e. The van der Waals surface area contributed by atoms with Gasteiger partial charge >= 0.3 is 0 Å². The summed E-state index contributed by atoms with van der Waals surface area (Å²) >= 11 is 7.74. The maximum atomic E-state index is 10.5. The van der Waals surface area contributed by atoms with Gasteiger partial charge in [-0.1, -0.05) is 35.9 Å². The summed E-state index contributed by atoms with van der Waals surface area (Å²) in [6, 6.07) is 15.8. The summed E-state index contributed by atoms with van der Waals surface area (Å²) in [5, 5.41) is 12.5. The van der Waals surface area contributed by atoms with E-state index in [0.29, 0.717) is 17.5 Å². The van der Waals surface area contributed by atoms with Crippen LogP contribution in [0.2, 0.25) is 5.02 Å². The van der Waals surface area contributed by atoms with Crippen LogP contribution >= 0.6 is 22.9 Å². The number of aliphatic hydroxyl groups is 1. The Kier molecular flexibility index (Phi) is 5.04. The van der Waals surface area contributed by atoms with Crippen molar-refractivity contribution in [2.24, 2.45) is 0 Å². The van der Waals surface area contributed by atoms with Crippen LogP contribution in [0.4, 0.5) is 0 Å². The molecule has 1 aliphatic rings. The highest BCUT2D eigenvalue weighted by molar-refractivity contribution is 7.18. The van der Waals surface area contributed by atoms with Gasteiger partial charge in [-0.25, -0.2) is 4.98 Å². The molecule has 1 saturated heterocycles. The summed E-state index contributed by atoms with van der Waals surface area (Å²) in [5.74, 6) is 0.462. The summed E-state index contributed by atoms with van der Waals surface area (Å²) in [6.07, 6.45) is 1.84. The van der Waals surface area contributed by atoms with Crippen LogP contribution < -0.4 is 0 Å². The van der Waals surface area contributed by atoms with E-state index in [4.69, 9.17) is 16.6 Å². The molecule has 2 aromatic carbocycles. The van der Waals surface area contributed by atoms with Gasteiger partial charge in [-0.3, -0.25) is 4.90 Å². The van der Waals surface area contributed by atoms with E-state index in [2.05, 4.69) is 23.1 Å². The van der Waals surface area contributed by atoms with Crippen LogP contribution in [0.5, 0.6) is 0 Å². The Balaban J connectivity index is 1.44. The molecule has 0 saturated carbocycles. The standard InChI is InChI=1S/C20H21ClN2OS/c21-16-9-7-14(8-10-16)18(24)13-23-11-3-4-15(12-23)20-22-17-5-1-2-6-19(17)25-20/h1-2,5-10,15,18,24H,3-4,11-13H2. The lowest BCUT2D eigenvalue weighted by atomic mass is 9.98. The quantitative estimate of drug-likeness (QED) is 0.710. The van der Waals surface area contributed by atoms with Crippen LogP contribution in [0.1, 0.15) is 35.4 Å². The highest BCUT2D eigenvalue weighted by Gasteiger charge is 2.25. The van der Waals surface area contributed by atoms with Crippen LogP contribution in [-0.4, -0.2) is 34.6 Å². The van der Waals surface area contributed by atoms with Gasteiger partial charge in [0.25, 0.3) is 0 Å². The van der Waals surface area contributed by atoms with Crippen molar-refractivity contribution < 1.29 is 5.11 Å². The van der Waals surface area contributed by atoms with E-state index in [9.17, 15) is 5.11 Å². The molecule has 130 valence electrons. The van der Waals surface area contributed by atoms with Gasteiger partial charge < -0.3 is 5.11 Å². The van der Waals surface area contributed by atoms with Gasteiger partial charge in [0.05, 0.1) is 21.3 Å². The van der Waals surface area contributed by atoms with Crippen LogP contribution in [0.3, 0.4) is 0 Å². The predicted molar refractivity (Wildman–Crippen MR) is 104 cm³/mol. The molecule has 0 aliphatic carbocycles. The second kappa shape index (κ2) is 7.42. The minimum atomic E-state index is -0.480. The fourth-order valence-corrected chi connectivity index (χ4v) is 4.74. The molecule has 1 aromatic heterocycles. The molecule has 3 nitrogen and oxygen atoms in total. The summed E-state index contributed by atoms with van der Waals surface area (Å²) < 4.78 is 1.26. The molecule has 25 heavy (non-hydrogen) atoms. The van der Waals surface area contributed by atoms with Gasteiger partial charge in [-0.15, -0.1) is 11.3 Å². The summed E-state index contributed by atoms with van der Waals surface area (Å²) in [7, 11) is 0. The van der Waals surface area contributed by atoms with Crippen molar-refractivity contribution in [2.45, 2.75) is 24.9 Å². The third kappa shape index (κ3) is 3.87. The van der Waals surface area contributed by atoms with Crippen LogP contribution in [0, 0.1) is 0 Å². The fraction of sp³-hybridized carbons (Fsp3) is 0.350. The van der Waals surface area contributed by atoms with Crippen molar-refractivity contribution >= 4 is 33.2 Å². The maximum absolute atomic E-state index is 10.5. The van der Waals surface area contributed by atoms with E-state index in [0.717, 1.165) is 30.6 Å². The number of rotatable bonds is 4. The van der Waals surface area contributed by atoms with Crippen LogP contribution in [-0.2, 0) is 0 Å². The Morgan fingerprint density at radius 3 is 2.80 bits per heavy atom. The van der Waals surface area contributed by atoms with Gasteiger partial charge in [0.2, 0.25) is 0 Å². The first kappa shape index (κ1) is 17.0. The molecule has 3 aromatic rings. The number of para-hydroxylation sites is 1. The molecule has 2 unspecified atom stereocenters. The number of piperidine rings is 1. The van der Waals surface area contributed by atoms with Crippen LogP contribution in [0.25, 0.3) is 10.2 Å². The SMILES string of the molecule is OC(CN1CCCC(c2nc3ccccc3s2)C1)c1ccc(Cl)cc1. The Morgan fingerprint density at radius 2 is 2.00 bits per heavy atom. The fourth-order valence-electron chi connectivity index (χ4n) is 3.52. The molecule has 1 fully saturated rings. The number of aromatic nitrogens is 1. The number of halogens is 1. The summed E-state index contributed by atoms with van der Waals surface area (Å²) in [4.78, 5) is 7.19. The van der Waals surface area contributed by atoms with E-state index in [1.54, 1.807) is 0 Å². The number of thiazole rings is 1. The maximum Gasteiger partial charge on any atom is 0.0982 e. The lowest BCUT2D eigenvalue weighted by molar-refractivity contribution is 0.0955. The zero-order valence-corrected chi connectivity index (χ0v) is 15.5. The topological polar surface area (TPSA) is 36.4 Å². The van der Waals surface area contributed by atoms with Crippen molar-refractivity contribution in [2.75, 3.05) is 19.6 Å². The Labute approximate surface area is 156 Å². The van der Waals surface area contributed by atoms with Crippen molar-refractivity contribution in [1.29, 1.82) is 0 Å². The van der Waals surface area contributed by atoms with Crippen molar-refractivity contribution in [3.05, 3.63) is 64.1 Å². The van der Waals surface area contributed by atoms with E-state index in [-0.39, 0.29) is 0 Å². The molecule has 1 aliphatic heterocycles. The zero-order valence-electron chi connectivity index (χ0n) is 13.9. The number of β-amino-alcohol motifs (C(OH)–C–C–N with tert-alkyl or cyclic N) is 1. The highest BCUT2D eigenvalue weighted by Crippen LogP contribution is 2.33. The third-order valence-electron chi connectivity index (χ3n) is 4.85. The monoisotopic (exact) mass is 372 g/mol. The number of fused-ring (bicyclic) bond motifs is 1. The number of likely N-dealkylation sites (tertiary alicyclic amines) is 1. The highest BCUT2D eigenvalue weighted by atomic mass is 35.5. The average molecular weight is 373 g/mol. The smallest absolute Gasteiger partial charge is 0.0982 e. The first-order valence-electron chi connectivity index (χ1n) is 8.70. The van der Waals surface area contributed by atoms with Gasteiger partial charge in [0, 0.05) is 24.0 Å². The first-order chi connectivity index (χ1) is 12.2. The van der Waals surface area contributed by atoms with Gasteiger partial charge in [0.1, 0.15) is 0 Å². The molecule has 2 heterocycles. The number of benzene rings is 2. The van der Waals surface area contributed by atoms with Gasteiger partial charge in [-0.2, -0.15) is 0 Å². The van der Waals surface area contributed by atoms with E-state index >= 15 is 0 Å².